The van der Waals surface area contributed by atoms with Crippen molar-refractivity contribution in [2.75, 3.05) is 0 Å². The lowest BCUT2D eigenvalue weighted by Crippen LogP contribution is -2.47. The van der Waals surface area contributed by atoms with Gasteiger partial charge in [0.25, 0.3) is 0 Å². The summed E-state index contributed by atoms with van der Waals surface area (Å²) in [6, 6.07) is 0. The normalized spacial score (nSPS) is 32.8. The Morgan fingerprint density at radius 3 is 2.46 bits per heavy atom. The van der Waals surface area contributed by atoms with E-state index in [1.54, 1.807) is 0 Å². The van der Waals surface area contributed by atoms with Crippen molar-refractivity contribution >= 4 is 6.29 Å². The van der Waals surface area contributed by atoms with Crippen molar-refractivity contribution in [3.63, 3.8) is 0 Å². The molecule has 76 valence electrons. The van der Waals surface area contributed by atoms with Crippen LogP contribution in [-0.2, 0) is 4.79 Å². The minimum Gasteiger partial charge on any atom is -0.389 e. The number of hydrogen-bond acceptors (Lipinski definition) is 2. The number of rotatable bonds is 3. The highest BCUT2D eigenvalue weighted by atomic mass is 16.3. The molecule has 1 unspecified atom stereocenters. The van der Waals surface area contributed by atoms with Crippen LogP contribution in [0.4, 0.5) is 0 Å². The van der Waals surface area contributed by atoms with Crippen LogP contribution >= 0.6 is 0 Å². The lowest BCUT2D eigenvalue weighted by Gasteiger charge is -2.46. The van der Waals surface area contributed by atoms with E-state index in [-0.39, 0.29) is 5.41 Å². The van der Waals surface area contributed by atoms with Crippen LogP contribution in [-0.4, -0.2) is 17.0 Å². The molecule has 0 radical (unpaired) electrons. The molecule has 0 aromatic rings. The van der Waals surface area contributed by atoms with E-state index >= 15 is 0 Å². The number of carbonyl (C=O) groups is 1. The first-order chi connectivity index (χ1) is 6.02. The highest BCUT2D eigenvalue weighted by Crippen LogP contribution is 2.45. The Morgan fingerprint density at radius 2 is 1.92 bits per heavy atom. The largest absolute Gasteiger partial charge is 0.389 e. The average Bonchev–Trinajstić information content (AvgIpc) is 2.07. The molecular formula is C11H20O2. The van der Waals surface area contributed by atoms with Crippen molar-refractivity contribution in [2.45, 2.75) is 58.0 Å². The smallest absolute Gasteiger partial charge is 0.120 e. The van der Waals surface area contributed by atoms with Gasteiger partial charge in [0.2, 0.25) is 0 Å². The fraction of sp³-hybridized carbons (Fsp3) is 0.909. The third kappa shape index (κ3) is 2.11. The lowest BCUT2D eigenvalue weighted by atomic mass is 9.64. The number of hydrogen-bond donors (Lipinski definition) is 1. The summed E-state index contributed by atoms with van der Waals surface area (Å²) in [5, 5.41) is 10.4. The second-order valence-corrected chi connectivity index (χ2v) is 4.83. The highest BCUT2D eigenvalue weighted by molar-refractivity contribution is 5.49. The van der Waals surface area contributed by atoms with Crippen LogP contribution in [0.2, 0.25) is 0 Å². The topological polar surface area (TPSA) is 37.3 Å². The third-order valence-corrected chi connectivity index (χ3v) is 3.58. The first-order valence-corrected chi connectivity index (χ1v) is 5.18. The first-order valence-electron chi connectivity index (χ1n) is 5.18. The summed E-state index contributed by atoms with van der Waals surface area (Å²) in [5.41, 5.74) is -0.625. The summed E-state index contributed by atoms with van der Waals surface area (Å²) in [6.07, 6.45) is 6.25. The summed E-state index contributed by atoms with van der Waals surface area (Å²) in [5.74, 6) is 0. The zero-order valence-corrected chi connectivity index (χ0v) is 8.68. The molecule has 1 N–H and O–H groups in total. The summed E-state index contributed by atoms with van der Waals surface area (Å²) >= 11 is 0. The van der Waals surface area contributed by atoms with Crippen LogP contribution in [0.15, 0.2) is 0 Å². The number of carbonyl (C=O) groups excluding carboxylic acids is 1. The molecule has 2 heteroatoms. The molecule has 13 heavy (non-hydrogen) atoms. The molecule has 0 aromatic carbocycles. The maximum absolute atomic E-state index is 10.4. The molecule has 1 rings (SSSR count). The van der Waals surface area contributed by atoms with E-state index < -0.39 is 5.60 Å². The van der Waals surface area contributed by atoms with Gasteiger partial charge in [0, 0.05) is 6.42 Å². The van der Waals surface area contributed by atoms with Crippen molar-refractivity contribution in [2.24, 2.45) is 5.41 Å². The standard InChI is InChI=1S/C11H20O2/c1-10(2)6-3-4-7-11(10,13)8-5-9-12/h9,13H,3-8H2,1-2H3. The third-order valence-electron chi connectivity index (χ3n) is 3.58. The van der Waals surface area contributed by atoms with Gasteiger partial charge in [-0.2, -0.15) is 0 Å². The molecule has 0 amide bonds. The van der Waals surface area contributed by atoms with Crippen molar-refractivity contribution in [3.05, 3.63) is 0 Å². The molecule has 0 heterocycles. The van der Waals surface area contributed by atoms with Crippen LogP contribution in [0, 0.1) is 5.41 Å². The molecule has 0 spiro atoms. The zero-order valence-electron chi connectivity index (χ0n) is 8.68. The van der Waals surface area contributed by atoms with Crippen molar-refractivity contribution in [1.82, 2.24) is 0 Å². The van der Waals surface area contributed by atoms with Crippen molar-refractivity contribution in [1.29, 1.82) is 0 Å². The van der Waals surface area contributed by atoms with Gasteiger partial charge in [-0.15, -0.1) is 0 Å². The van der Waals surface area contributed by atoms with Crippen molar-refractivity contribution in [3.8, 4) is 0 Å². The van der Waals surface area contributed by atoms with Crippen LogP contribution in [0.25, 0.3) is 0 Å². The second-order valence-electron chi connectivity index (χ2n) is 4.83. The molecule has 2 nitrogen and oxygen atoms in total. The summed E-state index contributed by atoms with van der Waals surface area (Å²) in [6.45, 7) is 4.22. The Labute approximate surface area is 80.3 Å². The van der Waals surface area contributed by atoms with Gasteiger partial charge in [-0.3, -0.25) is 0 Å². The van der Waals surface area contributed by atoms with E-state index in [0.29, 0.717) is 12.8 Å². The Bertz CT molecular complexity index is 187. The minimum absolute atomic E-state index is 0.0196. The van der Waals surface area contributed by atoms with Gasteiger partial charge in [-0.25, -0.2) is 0 Å². The average molecular weight is 184 g/mol. The molecule has 0 aromatic heterocycles. The van der Waals surface area contributed by atoms with Gasteiger partial charge in [-0.1, -0.05) is 26.7 Å². The van der Waals surface area contributed by atoms with Crippen LogP contribution < -0.4 is 0 Å². The van der Waals surface area contributed by atoms with E-state index in [1.165, 1.54) is 6.42 Å². The van der Waals surface area contributed by atoms with Gasteiger partial charge >= 0.3 is 0 Å². The molecule has 0 aliphatic heterocycles. The number of aliphatic hydroxyl groups is 1. The van der Waals surface area contributed by atoms with Crippen molar-refractivity contribution < 1.29 is 9.90 Å². The molecule has 0 bridgehead atoms. The van der Waals surface area contributed by atoms with E-state index in [1.807, 2.05) is 0 Å². The molecular weight excluding hydrogens is 164 g/mol. The van der Waals surface area contributed by atoms with Gasteiger partial charge in [0.05, 0.1) is 5.60 Å². The summed E-state index contributed by atoms with van der Waals surface area (Å²) in [7, 11) is 0. The number of aldehydes is 1. The fourth-order valence-corrected chi connectivity index (χ4v) is 2.32. The zero-order chi connectivity index (χ0) is 9.95. The van der Waals surface area contributed by atoms with Crippen LogP contribution in [0.5, 0.6) is 0 Å². The maximum Gasteiger partial charge on any atom is 0.120 e. The Hall–Kier alpha value is -0.370. The molecule has 0 saturated heterocycles. The predicted octanol–water partition coefficient (Wildman–Crippen LogP) is 2.30. The Kier molecular flexibility index (Phi) is 3.12. The summed E-state index contributed by atoms with van der Waals surface area (Å²) in [4.78, 5) is 10.3. The van der Waals surface area contributed by atoms with Gasteiger partial charge in [0.15, 0.2) is 0 Å². The van der Waals surface area contributed by atoms with Gasteiger partial charge < -0.3 is 9.90 Å². The molecule has 1 aliphatic carbocycles. The highest BCUT2D eigenvalue weighted by Gasteiger charge is 2.44. The second kappa shape index (κ2) is 3.79. The van der Waals surface area contributed by atoms with E-state index in [0.717, 1.165) is 25.5 Å². The fourth-order valence-electron chi connectivity index (χ4n) is 2.32. The Balaban J connectivity index is 2.65. The molecule has 1 aliphatic rings. The first kappa shape index (κ1) is 10.7. The maximum atomic E-state index is 10.4. The molecule has 1 atom stereocenters. The summed E-state index contributed by atoms with van der Waals surface area (Å²) < 4.78 is 0. The quantitative estimate of drug-likeness (QED) is 0.683. The van der Waals surface area contributed by atoms with E-state index in [4.69, 9.17) is 0 Å². The molecule has 1 fully saturated rings. The van der Waals surface area contributed by atoms with E-state index in [9.17, 15) is 9.90 Å². The molecule has 1 saturated carbocycles. The predicted molar refractivity (Wildman–Crippen MR) is 52.5 cm³/mol. The monoisotopic (exact) mass is 184 g/mol. The van der Waals surface area contributed by atoms with Gasteiger partial charge in [0.1, 0.15) is 6.29 Å². The Morgan fingerprint density at radius 1 is 1.31 bits per heavy atom. The van der Waals surface area contributed by atoms with E-state index in [2.05, 4.69) is 13.8 Å². The minimum atomic E-state index is -0.605. The van der Waals surface area contributed by atoms with Crippen LogP contribution in [0.3, 0.4) is 0 Å². The SMILES string of the molecule is CC1(C)CCCCC1(O)CCC=O. The van der Waals surface area contributed by atoms with Gasteiger partial charge in [-0.05, 0) is 24.7 Å². The lowest BCUT2D eigenvalue weighted by molar-refractivity contribution is -0.118. The van der Waals surface area contributed by atoms with Crippen LogP contribution in [0.1, 0.15) is 52.4 Å².